The maximum atomic E-state index is 15.0. The van der Waals surface area contributed by atoms with Gasteiger partial charge in [0.05, 0.1) is 34.1 Å². The highest BCUT2D eigenvalue weighted by Crippen LogP contribution is 2.42. The third-order valence-corrected chi connectivity index (χ3v) is 7.15. The molecular formula is C21H25ClFIN6O2. The van der Waals surface area contributed by atoms with E-state index in [1.165, 1.54) is 6.07 Å². The molecule has 1 aromatic carbocycles. The Balaban J connectivity index is 0.00000245. The summed E-state index contributed by atoms with van der Waals surface area (Å²) in [5, 5.41) is 8.91. The van der Waals surface area contributed by atoms with Crippen molar-refractivity contribution in [1.82, 2.24) is 20.6 Å². The monoisotopic (exact) mass is 574 g/mol. The Morgan fingerprint density at radius 2 is 2.16 bits per heavy atom. The number of ether oxygens (including phenoxy) is 1. The lowest BCUT2D eigenvalue weighted by Crippen LogP contribution is -2.44. The summed E-state index contributed by atoms with van der Waals surface area (Å²) in [5.74, 6) is 0.729. The van der Waals surface area contributed by atoms with Crippen molar-refractivity contribution < 1.29 is 13.9 Å². The first-order valence-corrected chi connectivity index (χ1v) is 11.5. The first-order chi connectivity index (χ1) is 14.9. The van der Waals surface area contributed by atoms with E-state index in [2.05, 4.69) is 55.3 Å². The lowest BCUT2D eigenvalue weighted by molar-refractivity contribution is 0.0984. The highest BCUT2D eigenvalue weighted by Gasteiger charge is 2.41. The van der Waals surface area contributed by atoms with Gasteiger partial charge in [0, 0.05) is 30.9 Å². The number of rotatable bonds is 4. The molecule has 3 N–H and O–H groups in total. The molecule has 1 saturated carbocycles. The Kier molecular flexibility index (Phi) is 6.76. The molecule has 2 fully saturated rings. The highest BCUT2D eigenvalue weighted by molar-refractivity contribution is 14.1. The Morgan fingerprint density at radius 3 is 2.88 bits per heavy atom. The van der Waals surface area contributed by atoms with Gasteiger partial charge in [-0.05, 0) is 38.0 Å². The number of alkyl halides is 1. The molecule has 5 rings (SSSR count). The number of benzene rings is 1. The number of aromatic nitrogens is 2. The number of nitrogens with one attached hydrogen (secondary N) is 3. The number of carbonyl (C=O) groups is 1. The summed E-state index contributed by atoms with van der Waals surface area (Å²) in [4.78, 5) is 23.7. The van der Waals surface area contributed by atoms with Gasteiger partial charge in [0.2, 0.25) is 0 Å². The molecule has 0 radical (unpaired) electrons. The van der Waals surface area contributed by atoms with Gasteiger partial charge in [0.25, 0.3) is 0 Å². The predicted molar refractivity (Wildman–Crippen MR) is 131 cm³/mol. The van der Waals surface area contributed by atoms with E-state index in [9.17, 15) is 4.79 Å². The van der Waals surface area contributed by atoms with Gasteiger partial charge in [-0.3, -0.25) is 0 Å². The summed E-state index contributed by atoms with van der Waals surface area (Å²) < 4.78 is 20.4. The fourth-order valence-corrected chi connectivity index (χ4v) is 4.44. The van der Waals surface area contributed by atoms with E-state index in [1.54, 1.807) is 12.1 Å². The summed E-state index contributed by atoms with van der Waals surface area (Å²) in [6.45, 7) is 5.45. The molecule has 1 saturated heterocycles. The van der Waals surface area contributed by atoms with Crippen LogP contribution < -0.4 is 20.9 Å². The minimum Gasteiger partial charge on any atom is -0.377 e. The zero-order valence-electron chi connectivity index (χ0n) is 17.6. The molecule has 32 heavy (non-hydrogen) atoms. The van der Waals surface area contributed by atoms with Gasteiger partial charge in [0.1, 0.15) is 11.6 Å². The minimum atomic E-state index is -0.472. The number of morpholine rings is 1. The van der Waals surface area contributed by atoms with Crippen LogP contribution >= 0.6 is 35.0 Å². The molecule has 172 valence electrons. The molecule has 1 aromatic heterocycles. The molecule has 1 atom stereocenters. The van der Waals surface area contributed by atoms with Crippen LogP contribution in [0.3, 0.4) is 0 Å². The van der Waals surface area contributed by atoms with Crippen LogP contribution in [0.1, 0.15) is 31.0 Å². The van der Waals surface area contributed by atoms with Gasteiger partial charge in [0.15, 0.2) is 5.82 Å². The SMILES string of the molecule is CC1COCCN1c1nc(-c2ccc(NC(=O)NC3(I)CC3)cc2F)nc2c1CNC2.Cl. The van der Waals surface area contributed by atoms with Crippen LogP contribution in [0.2, 0.25) is 0 Å². The third kappa shape index (κ3) is 4.78. The smallest absolute Gasteiger partial charge is 0.320 e. The molecule has 2 aromatic rings. The second kappa shape index (κ2) is 9.24. The zero-order chi connectivity index (χ0) is 21.6. The molecule has 3 aliphatic rings. The molecule has 2 amide bonds. The van der Waals surface area contributed by atoms with Gasteiger partial charge >= 0.3 is 6.03 Å². The molecule has 1 aliphatic carbocycles. The minimum absolute atomic E-state index is 0. The quantitative estimate of drug-likeness (QED) is 0.294. The number of anilines is 2. The number of hydrogen-bond acceptors (Lipinski definition) is 6. The van der Waals surface area contributed by atoms with Crippen molar-refractivity contribution in [3.63, 3.8) is 0 Å². The highest BCUT2D eigenvalue weighted by atomic mass is 127. The van der Waals surface area contributed by atoms with Crippen molar-refractivity contribution in [2.45, 2.75) is 42.4 Å². The van der Waals surface area contributed by atoms with Crippen molar-refractivity contribution in [2.75, 3.05) is 30.0 Å². The Hall–Kier alpha value is -1.76. The number of halogens is 3. The fourth-order valence-electron chi connectivity index (χ4n) is 3.92. The average Bonchev–Trinajstić information content (AvgIpc) is 3.25. The lowest BCUT2D eigenvalue weighted by atomic mass is 10.1. The van der Waals surface area contributed by atoms with E-state index in [4.69, 9.17) is 9.72 Å². The van der Waals surface area contributed by atoms with Crippen LogP contribution in [-0.4, -0.2) is 45.3 Å². The van der Waals surface area contributed by atoms with Crippen molar-refractivity contribution in [2.24, 2.45) is 0 Å². The topological polar surface area (TPSA) is 91.4 Å². The zero-order valence-corrected chi connectivity index (χ0v) is 20.6. The number of nitrogens with zero attached hydrogens (tertiary/aromatic N) is 3. The molecule has 11 heteroatoms. The van der Waals surface area contributed by atoms with Gasteiger partial charge in [-0.25, -0.2) is 19.2 Å². The van der Waals surface area contributed by atoms with Crippen LogP contribution in [-0.2, 0) is 17.8 Å². The standard InChI is InChI=1S/C21H24FIN6O2.ClH/c1-12-11-31-7-6-29(12)19-15-9-24-10-17(15)26-18(27-19)14-3-2-13(8-16(14)22)25-20(30)28-21(23)4-5-21;/h2-3,8,12,24H,4-7,9-11H2,1H3,(H2,25,28,30);1H. The Bertz CT molecular complexity index is 1040. The maximum Gasteiger partial charge on any atom is 0.320 e. The molecule has 8 nitrogen and oxygen atoms in total. The van der Waals surface area contributed by atoms with E-state index >= 15 is 4.39 Å². The van der Waals surface area contributed by atoms with Gasteiger partial charge < -0.3 is 25.6 Å². The van der Waals surface area contributed by atoms with Crippen LogP contribution in [0.15, 0.2) is 18.2 Å². The number of amides is 2. The van der Waals surface area contributed by atoms with Crippen molar-refractivity contribution in [3.8, 4) is 11.4 Å². The van der Waals surface area contributed by atoms with Crippen LogP contribution in [0.5, 0.6) is 0 Å². The summed E-state index contributed by atoms with van der Waals surface area (Å²) in [5.41, 5.74) is 2.68. The van der Waals surface area contributed by atoms with E-state index < -0.39 is 5.82 Å². The molecule has 0 bridgehead atoms. The van der Waals surface area contributed by atoms with Crippen molar-refractivity contribution in [3.05, 3.63) is 35.3 Å². The van der Waals surface area contributed by atoms with E-state index in [0.717, 1.165) is 36.5 Å². The van der Waals surface area contributed by atoms with Gasteiger partial charge in [-0.1, -0.05) is 22.6 Å². The summed E-state index contributed by atoms with van der Waals surface area (Å²) in [7, 11) is 0. The fraction of sp³-hybridized carbons (Fsp3) is 0.476. The molecule has 2 aliphatic heterocycles. The Morgan fingerprint density at radius 1 is 1.34 bits per heavy atom. The second-order valence-corrected chi connectivity index (χ2v) is 10.3. The van der Waals surface area contributed by atoms with Crippen LogP contribution in [0, 0.1) is 5.82 Å². The second-order valence-electron chi connectivity index (χ2n) is 8.26. The predicted octanol–water partition coefficient (Wildman–Crippen LogP) is 3.58. The molecule has 1 unspecified atom stereocenters. The van der Waals surface area contributed by atoms with E-state index in [1.807, 2.05) is 0 Å². The van der Waals surface area contributed by atoms with Crippen molar-refractivity contribution >= 4 is 52.5 Å². The number of hydrogen-bond donors (Lipinski definition) is 3. The molecular weight excluding hydrogens is 550 g/mol. The van der Waals surface area contributed by atoms with E-state index in [0.29, 0.717) is 43.4 Å². The third-order valence-electron chi connectivity index (χ3n) is 5.80. The van der Waals surface area contributed by atoms with Gasteiger partial charge in [-0.15, -0.1) is 12.4 Å². The number of urea groups is 1. The Labute approximate surface area is 205 Å². The number of carbonyl (C=O) groups excluding carboxylic acids is 1. The van der Waals surface area contributed by atoms with Crippen LogP contribution in [0.25, 0.3) is 11.4 Å². The van der Waals surface area contributed by atoms with Gasteiger partial charge in [-0.2, -0.15) is 0 Å². The molecule has 0 spiro atoms. The maximum absolute atomic E-state index is 15.0. The summed E-state index contributed by atoms with van der Waals surface area (Å²) >= 11 is 2.22. The molecule has 3 heterocycles. The lowest BCUT2D eigenvalue weighted by Gasteiger charge is -2.35. The largest absolute Gasteiger partial charge is 0.377 e. The summed E-state index contributed by atoms with van der Waals surface area (Å²) in [6, 6.07) is 4.47. The average molecular weight is 575 g/mol. The van der Waals surface area contributed by atoms with Crippen molar-refractivity contribution in [1.29, 1.82) is 0 Å². The normalized spacial score (nSPS) is 20.8. The summed E-state index contributed by atoms with van der Waals surface area (Å²) in [6.07, 6.45) is 1.89. The van der Waals surface area contributed by atoms with E-state index in [-0.39, 0.29) is 28.0 Å². The van der Waals surface area contributed by atoms with Crippen LogP contribution in [0.4, 0.5) is 20.7 Å². The first kappa shape index (κ1) is 23.4. The number of fused-ring (bicyclic) bond motifs is 1. The first-order valence-electron chi connectivity index (χ1n) is 10.4.